The molecule has 3 N–H and O–H groups in total. The lowest BCUT2D eigenvalue weighted by atomic mass is 9.96. The van der Waals surface area contributed by atoms with Crippen LogP contribution in [-0.2, 0) is 4.79 Å². The van der Waals surface area contributed by atoms with E-state index in [1.807, 2.05) is 18.2 Å². The van der Waals surface area contributed by atoms with Crippen LogP contribution in [0.25, 0.3) is 0 Å². The van der Waals surface area contributed by atoms with Crippen molar-refractivity contribution in [2.45, 2.75) is 44.8 Å². The lowest BCUT2D eigenvalue weighted by molar-refractivity contribution is -0.119. The van der Waals surface area contributed by atoms with Gasteiger partial charge in [0.2, 0.25) is 5.91 Å². The van der Waals surface area contributed by atoms with Crippen molar-refractivity contribution in [1.82, 2.24) is 10.2 Å². The number of carbonyl (C=O) groups is 1. The van der Waals surface area contributed by atoms with Gasteiger partial charge in [-0.15, -0.1) is 0 Å². The van der Waals surface area contributed by atoms with Gasteiger partial charge in [-0.25, -0.2) is 0 Å². The molecule has 21 heavy (non-hydrogen) atoms. The van der Waals surface area contributed by atoms with E-state index in [1.54, 1.807) is 6.92 Å². The molecule has 5 heteroatoms. The van der Waals surface area contributed by atoms with E-state index in [-0.39, 0.29) is 24.0 Å². The van der Waals surface area contributed by atoms with Crippen LogP contribution < -0.4 is 11.1 Å². The van der Waals surface area contributed by atoms with Gasteiger partial charge in [0.15, 0.2) is 0 Å². The topological polar surface area (TPSA) is 58.4 Å². The standard InChI is InChI=1S/C16H24ClN3O/c1-3-15(18)16(12-5-4-6-13(17)9-12)20-8-7-14(10-20)19-11(2)21/h4-6,9,14-16H,3,7-8,10,18H2,1-2H3,(H,19,21). The first-order valence-electron chi connectivity index (χ1n) is 7.53. The minimum atomic E-state index is 0.0287. The van der Waals surface area contributed by atoms with E-state index in [9.17, 15) is 4.79 Å². The quantitative estimate of drug-likeness (QED) is 0.877. The lowest BCUT2D eigenvalue weighted by Gasteiger charge is -2.33. The fraction of sp³-hybridized carbons (Fsp3) is 0.562. The fourth-order valence-electron chi connectivity index (χ4n) is 3.09. The molecule has 3 atom stereocenters. The first-order valence-corrected chi connectivity index (χ1v) is 7.91. The second kappa shape index (κ2) is 7.25. The molecule has 116 valence electrons. The SMILES string of the molecule is CCC(N)C(c1cccc(Cl)c1)N1CCC(NC(C)=O)C1. The predicted molar refractivity (Wildman–Crippen MR) is 86.3 cm³/mol. The minimum Gasteiger partial charge on any atom is -0.352 e. The molecule has 0 aliphatic carbocycles. The van der Waals surface area contributed by atoms with Crippen molar-refractivity contribution in [3.8, 4) is 0 Å². The number of nitrogens with zero attached hydrogens (tertiary/aromatic N) is 1. The van der Waals surface area contributed by atoms with Crippen molar-refractivity contribution >= 4 is 17.5 Å². The van der Waals surface area contributed by atoms with Crippen molar-refractivity contribution in [2.24, 2.45) is 5.73 Å². The largest absolute Gasteiger partial charge is 0.352 e. The Bertz CT molecular complexity index is 494. The van der Waals surface area contributed by atoms with Crippen LogP contribution in [0.15, 0.2) is 24.3 Å². The van der Waals surface area contributed by atoms with Crippen molar-refractivity contribution in [2.75, 3.05) is 13.1 Å². The number of hydrogen-bond donors (Lipinski definition) is 2. The van der Waals surface area contributed by atoms with Gasteiger partial charge >= 0.3 is 0 Å². The first kappa shape index (κ1) is 16.3. The molecular weight excluding hydrogens is 286 g/mol. The highest BCUT2D eigenvalue weighted by Gasteiger charge is 2.32. The molecule has 0 aromatic heterocycles. The molecule has 1 saturated heterocycles. The maximum absolute atomic E-state index is 11.2. The maximum atomic E-state index is 11.2. The highest BCUT2D eigenvalue weighted by Crippen LogP contribution is 2.30. The monoisotopic (exact) mass is 309 g/mol. The van der Waals surface area contributed by atoms with Gasteiger partial charge in [0, 0.05) is 43.2 Å². The van der Waals surface area contributed by atoms with E-state index in [0.29, 0.717) is 0 Å². The van der Waals surface area contributed by atoms with Crippen LogP contribution in [0.1, 0.15) is 38.3 Å². The molecule has 0 radical (unpaired) electrons. The Hall–Kier alpha value is -1.10. The zero-order valence-corrected chi connectivity index (χ0v) is 13.4. The van der Waals surface area contributed by atoms with Crippen molar-refractivity contribution in [3.63, 3.8) is 0 Å². The summed E-state index contributed by atoms with van der Waals surface area (Å²) in [6.07, 6.45) is 1.87. The second-order valence-electron chi connectivity index (χ2n) is 5.75. The van der Waals surface area contributed by atoms with Crippen LogP contribution in [0.4, 0.5) is 0 Å². The highest BCUT2D eigenvalue weighted by molar-refractivity contribution is 6.30. The van der Waals surface area contributed by atoms with Gasteiger partial charge in [0.25, 0.3) is 0 Å². The van der Waals surface area contributed by atoms with E-state index in [2.05, 4.69) is 23.2 Å². The second-order valence-corrected chi connectivity index (χ2v) is 6.19. The molecule has 0 bridgehead atoms. The minimum absolute atomic E-state index is 0.0287. The fourth-order valence-corrected chi connectivity index (χ4v) is 3.29. The number of rotatable bonds is 5. The zero-order chi connectivity index (χ0) is 15.4. The Morgan fingerprint density at radius 2 is 2.33 bits per heavy atom. The molecule has 1 aromatic carbocycles. The number of nitrogens with one attached hydrogen (secondary N) is 1. The van der Waals surface area contributed by atoms with Crippen LogP contribution in [0.3, 0.4) is 0 Å². The molecule has 0 spiro atoms. The molecule has 1 fully saturated rings. The van der Waals surface area contributed by atoms with Gasteiger partial charge < -0.3 is 11.1 Å². The smallest absolute Gasteiger partial charge is 0.217 e. The Morgan fingerprint density at radius 3 is 2.95 bits per heavy atom. The van der Waals surface area contributed by atoms with Gasteiger partial charge in [0.1, 0.15) is 0 Å². The Kier molecular flexibility index (Phi) is 5.62. The molecule has 2 rings (SSSR count). The number of likely N-dealkylation sites (tertiary alicyclic amines) is 1. The number of nitrogens with two attached hydrogens (primary N) is 1. The number of halogens is 1. The molecule has 1 aromatic rings. The van der Waals surface area contributed by atoms with Crippen LogP contribution in [-0.4, -0.2) is 36.0 Å². The summed E-state index contributed by atoms with van der Waals surface area (Å²) in [7, 11) is 0. The van der Waals surface area contributed by atoms with Gasteiger partial charge in [0.05, 0.1) is 0 Å². The molecule has 1 heterocycles. The van der Waals surface area contributed by atoms with Gasteiger partial charge in [-0.2, -0.15) is 0 Å². The van der Waals surface area contributed by atoms with E-state index in [0.717, 1.165) is 36.5 Å². The number of amides is 1. The number of benzene rings is 1. The van der Waals surface area contributed by atoms with Crippen LogP contribution in [0, 0.1) is 0 Å². The third-order valence-electron chi connectivity index (χ3n) is 4.09. The van der Waals surface area contributed by atoms with Crippen LogP contribution >= 0.6 is 11.6 Å². The van der Waals surface area contributed by atoms with E-state index in [4.69, 9.17) is 17.3 Å². The average Bonchev–Trinajstić information content (AvgIpc) is 2.86. The molecular formula is C16H24ClN3O. The van der Waals surface area contributed by atoms with E-state index in [1.165, 1.54) is 0 Å². The molecule has 3 unspecified atom stereocenters. The maximum Gasteiger partial charge on any atom is 0.217 e. The molecule has 1 aliphatic rings. The third kappa shape index (κ3) is 4.19. The van der Waals surface area contributed by atoms with Gasteiger partial charge in [-0.1, -0.05) is 30.7 Å². The van der Waals surface area contributed by atoms with Crippen molar-refractivity contribution < 1.29 is 4.79 Å². The van der Waals surface area contributed by atoms with Crippen molar-refractivity contribution in [1.29, 1.82) is 0 Å². The highest BCUT2D eigenvalue weighted by atomic mass is 35.5. The summed E-state index contributed by atoms with van der Waals surface area (Å²) in [4.78, 5) is 13.6. The molecule has 4 nitrogen and oxygen atoms in total. The molecule has 1 amide bonds. The zero-order valence-electron chi connectivity index (χ0n) is 12.7. The summed E-state index contributed by atoms with van der Waals surface area (Å²) in [5, 5.41) is 3.73. The Morgan fingerprint density at radius 1 is 1.57 bits per heavy atom. The average molecular weight is 310 g/mol. The normalized spacial score (nSPS) is 22.0. The van der Waals surface area contributed by atoms with Crippen molar-refractivity contribution in [3.05, 3.63) is 34.9 Å². The van der Waals surface area contributed by atoms with Crippen LogP contribution in [0.2, 0.25) is 5.02 Å². The summed E-state index contributed by atoms with van der Waals surface area (Å²) >= 11 is 6.12. The Labute approximate surface area is 131 Å². The van der Waals surface area contributed by atoms with Gasteiger partial charge in [-0.3, -0.25) is 9.69 Å². The predicted octanol–water partition coefficient (Wildman–Crippen LogP) is 2.33. The van der Waals surface area contributed by atoms with E-state index >= 15 is 0 Å². The summed E-state index contributed by atoms with van der Waals surface area (Å²) in [5.74, 6) is 0.0287. The van der Waals surface area contributed by atoms with Gasteiger partial charge in [-0.05, 0) is 30.5 Å². The lowest BCUT2D eigenvalue weighted by Crippen LogP contribution is -2.42. The summed E-state index contributed by atoms with van der Waals surface area (Å²) in [5.41, 5.74) is 7.51. The third-order valence-corrected chi connectivity index (χ3v) is 4.32. The summed E-state index contributed by atoms with van der Waals surface area (Å²) in [6, 6.07) is 8.34. The number of carbonyl (C=O) groups excluding carboxylic acids is 1. The van der Waals surface area contributed by atoms with Crippen LogP contribution in [0.5, 0.6) is 0 Å². The molecule has 0 saturated carbocycles. The molecule has 1 aliphatic heterocycles. The van der Waals surface area contributed by atoms with E-state index < -0.39 is 0 Å². The Balaban J connectivity index is 2.16. The number of hydrogen-bond acceptors (Lipinski definition) is 3. The summed E-state index contributed by atoms with van der Waals surface area (Å²) in [6.45, 7) is 5.44. The first-order chi connectivity index (χ1) is 10.0. The summed E-state index contributed by atoms with van der Waals surface area (Å²) < 4.78 is 0.